The minimum atomic E-state index is 0. The van der Waals surface area contributed by atoms with Crippen LogP contribution in [0.4, 0.5) is 0 Å². The molecule has 2 rings (SSSR count). The maximum atomic E-state index is 12.0. The van der Waals surface area contributed by atoms with E-state index >= 15 is 0 Å². The van der Waals surface area contributed by atoms with E-state index in [9.17, 15) is 4.79 Å². The van der Waals surface area contributed by atoms with Gasteiger partial charge in [0.2, 0.25) is 5.91 Å². The summed E-state index contributed by atoms with van der Waals surface area (Å²) in [6.45, 7) is 5.71. The van der Waals surface area contributed by atoms with Gasteiger partial charge in [-0.3, -0.25) is 9.79 Å². The van der Waals surface area contributed by atoms with Crippen LogP contribution in [0.15, 0.2) is 4.99 Å². The standard InChI is InChI=1S/C16H30N4O.HI/c1-2-17-16(20-12-6-7-13-20)18-11-10-15(21)19-14-8-4-3-5-9-14;/h14H,2-13H2,1H3,(H,17,18)(H,19,21);1H. The average Bonchev–Trinajstić information content (AvgIpc) is 3.01. The average molecular weight is 422 g/mol. The first-order valence-electron chi connectivity index (χ1n) is 8.62. The minimum Gasteiger partial charge on any atom is -0.357 e. The molecule has 0 unspecified atom stereocenters. The number of nitrogens with zero attached hydrogens (tertiary/aromatic N) is 2. The molecule has 5 nitrogen and oxygen atoms in total. The molecule has 1 saturated heterocycles. The van der Waals surface area contributed by atoms with Crippen molar-refractivity contribution in [1.29, 1.82) is 0 Å². The summed E-state index contributed by atoms with van der Waals surface area (Å²) >= 11 is 0. The van der Waals surface area contributed by atoms with Gasteiger partial charge in [-0.2, -0.15) is 0 Å². The van der Waals surface area contributed by atoms with Crippen LogP contribution in [-0.2, 0) is 4.79 Å². The minimum absolute atomic E-state index is 0. The second-order valence-corrected chi connectivity index (χ2v) is 6.08. The van der Waals surface area contributed by atoms with E-state index in [-0.39, 0.29) is 29.9 Å². The van der Waals surface area contributed by atoms with Gasteiger partial charge >= 0.3 is 0 Å². The van der Waals surface area contributed by atoms with E-state index < -0.39 is 0 Å². The number of carbonyl (C=O) groups is 1. The first-order chi connectivity index (χ1) is 10.3. The fourth-order valence-electron chi connectivity index (χ4n) is 3.16. The topological polar surface area (TPSA) is 56.7 Å². The van der Waals surface area contributed by atoms with Crippen LogP contribution < -0.4 is 10.6 Å². The zero-order valence-electron chi connectivity index (χ0n) is 13.8. The van der Waals surface area contributed by atoms with Crippen molar-refractivity contribution in [2.75, 3.05) is 26.2 Å². The van der Waals surface area contributed by atoms with Gasteiger partial charge in [-0.05, 0) is 32.6 Å². The van der Waals surface area contributed by atoms with Crippen molar-refractivity contribution >= 4 is 35.8 Å². The molecule has 2 aliphatic rings. The number of nitrogens with one attached hydrogen (secondary N) is 2. The van der Waals surface area contributed by atoms with Crippen LogP contribution in [0.3, 0.4) is 0 Å². The predicted molar refractivity (Wildman–Crippen MR) is 102 cm³/mol. The molecule has 0 radical (unpaired) electrons. The molecule has 6 heteroatoms. The molecule has 1 saturated carbocycles. The number of likely N-dealkylation sites (tertiary alicyclic amines) is 1. The molecule has 1 aliphatic carbocycles. The van der Waals surface area contributed by atoms with Gasteiger partial charge in [0.15, 0.2) is 5.96 Å². The van der Waals surface area contributed by atoms with Crippen LogP contribution in [0.25, 0.3) is 0 Å². The Labute approximate surface area is 151 Å². The summed E-state index contributed by atoms with van der Waals surface area (Å²) in [5.74, 6) is 1.13. The zero-order chi connectivity index (χ0) is 14.9. The van der Waals surface area contributed by atoms with Gasteiger partial charge in [0, 0.05) is 32.1 Å². The first-order valence-corrected chi connectivity index (χ1v) is 8.62. The number of guanidine groups is 1. The third kappa shape index (κ3) is 6.71. The number of rotatable bonds is 5. The predicted octanol–water partition coefficient (Wildman–Crippen LogP) is 2.50. The molecule has 1 aliphatic heterocycles. The Morgan fingerprint density at radius 3 is 2.45 bits per heavy atom. The van der Waals surface area contributed by atoms with Crippen LogP contribution in [0.5, 0.6) is 0 Å². The fourth-order valence-corrected chi connectivity index (χ4v) is 3.16. The maximum absolute atomic E-state index is 12.0. The SMILES string of the molecule is CCNC(=NCCC(=O)NC1CCCCC1)N1CCCC1.I. The molecule has 128 valence electrons. The largest absolute Gasteiger partial charge is 0.357 e. The summed E-state index contributed by atoms with van der Waals surface area (Å²) in [4.78, 5) is 18.9. The van der Waals surface area contributed by atoms with E-state index in [1.807, 2.05) is 0 Å². The lowest BCUT2D eigenvalue weighted by Crippen LogP contribution is -2.40. The Kier molecular flexibility index (Phi) is 9.82. The third-order valence-electron chi connectivity index (χ3n) is 4.31. The van der Waals surface area contributed by atoms with E-state index in [0.717, 1.165) is 38.4 Å². The van der Waals surface area contributed by atoms with Gasteiger partial charge < -0.3 is 15.5 Å². The molecule has 0 bridgehead atoms. The summed E-state index contributed by atoms with van der Waals surface area (Å²) < 4.78 is 0. The maximum Gasteiger partial charge on any atom is 0.222 e. The van der Waals surface area contributed by atoms with E-state index in [4.69, 9.17) is 0 Å². The third-order valence-corrected chi connectivity index (χ3v) is 4.31. The van der Waals surface area contributed by atoms with Gasteiger partial charge in [0.05, 0.1) is 6.54 Å². The van der Waals surface area contributed by atoms with Crippen molar-refractivity contribution in [3.05, 3.63) is 0 Å². The Bertz CT molecular complexity index is 350. The molecule has 0 aromatic heterocycles. The van der Waals surface area contributed by atoms with Gasteiger partial charge in [0.1, 0.15) is 0 Å². The lowest BCUT2D eigenvalue weighted by molar-refractivity contribution is -0.121. The van der Waals surface area contributed by atoms with Crippen LogP contribution in [0, 0.1) is 0 Å². The highest BCUT2D eigenvalue weighted by molar-refractivity contribution is 14.0. The first kappa shape index (κ1) is 19.5. The monoisotopic (exact) mass is 422 g/mol. The molecular weight excluding hydrogens is 391 g/mol. The molecule has 1 amide bonds. The van der Waals surface area contributed by atoms with Gasteiger partial charge in [-0.25, -0.2) is 0 Å². The van der Waals surface area contributed by atoms with Gasteiger partial charge in [0.25, 0.3) is 0 Å². The summed E-state index contributed by atoms with van der Waals surface area (Å²) in [6.07, 6.45) is 9.10. The molecule has 0 aromatic carbocycles. The Balaban J connectivity index is 0.00000242. The van der Waals surface area contributed by atoms with Crippen LogP contribution >= 0.6 is 24.0 Å². The lowest BCUT2D eigenvalue weighted by atomic mass is 9.95. The molecule has 22 heavy (non-hydrogen) atoms. The van der Waals surface area contributed by atoms with E-state index in [0.29, 0.717) is 19.0 Å². The molecule has 0 spiro atoms. The Hall–Kier alpha value is -0.530. The van der Waals surface area contributed by atoms with E-state index in [1.165, 1.54) is 32.1 Å². The van der Waals surface area contributed by atoms with Gasteiger partial charge in [-0.1, -0.05) is 19.3 Å². The summed E-state index contributed by atoms with van der Waals surface area (Å²) in [6, 6.07) is 0.405. The fraction of sp³-hybridized carbons (Fsp3) is 0.875. The molecule has 2 fully saturated rings. The van der Waals surface area contributed by atoms with Gasteiger partial charge in [-0.15, -0.1) is 24.0 Å². The summed E-state index contributed by atoms with van der Waals surface area (Å²) in [7, 11) is 0. The van der Waals surface area contributed by atoms with Crippen LogP contribution in [0.1, 0.15) is 58.3 Å². The molecule has 0 aromatic rings. The zero-order valence-corrected chi connectivity index (χ0v) is 16.1. The number of hydrogen-bond donors (Lipinski definition) is 2. The van der Waals surface area contributed by atoms with Crippen LogP contribution in [0.2, 0.25) is 0 Å². The molecule has 1 heterocycles. The Morgan fingerprint density at radius 2 is 1.82 bits per heavy atom. The second kappa shape index (κ2) is 11.1. The van der Waals surface area contributed by atoms with Crippen molar-refractivity contribution in [1.82, 2.24) is 15.5 Å². The quantitative estimate of drug-likeness (QED) is 0.407. The smallest absolute Gasteiger partial charge is 0.222 e. The normalized spacial score (nSPS) is 19.7. The highest BCUT2D eigenvalue weighted by Gasteiger charge is 2.17. The number of aliphatic imine (C=N–C) groups is 1. The number of halogens is 1. The van der Waals surface area contributed by atoms with Crippen molar-refractivity contribution in [2.24, 2.45) is 4.99 Å². The van der Waals surface area contributed by atoms with E-state index in [2.05, 4.69) is 27.4 Å². The molecule has 0 atom stereocenters. The van der Waals surface area contributed by atoms with Crippen molar-refractivity contribution < 1.29 is 4.79 Å². The van der Waals surface area contributed by atoms with E-state index in [1.54, 1.807) is 0 Å². The van der Waals surface area contributed by atoms with Crippen molar-refractivity contribution in [3.8, 4) is 0 Å². The molecule has 2 N–H and O–H groups in total. The van der Waals surface area contributed by atoms with Crippen LogP contribution in [-0.4, -0.2) is 49.0 Å². The Morgan fingerprint density at radius 1 is 1.14 bits per heavy atom. The summed E-state index contributed by atoms with van der Waals surface area (Å²) in [5.41, 5.74) is 0. The molecular formula is C16H31IN4O. The lowest BCUT2D eigenvalue weighted by Gasteiger charge is -2.23. The highest BCUT2D eigenvalue weighted by Crippen LogP contribution is 2.17. The number of carbonyl (C=O) groups excluding carboxylic acids is 1. The number of amides is 1. The van der Waals surface area contributed by atoms with Crippen molar-refractivity contribution in [2.45, 2.75) is 64.3 Å². The number of hydrogen-bond acceptors (Lipinski definition) is 2. The highest BCUT2D eigenvalue weighted by atomic mass is 127. The van der Waals surface area contributed by atoms with Crippen molar-refractivity contribution in [3.63, 3.8) is 0 Å². The summed E-state index contributed by atoms with van der Waals surface area (Å²) in [5, 5.41) is 6.48. The second-order valence-electron chi connectivity index (χ2n) is 6.08.